The second-order valence-electron chi connectivity index (χ2n) is 7.36. The van der Waals surface area contributed by atoms with Gasteiger partial charge in [-0.1, -0.05) is 60.7 Å². The largest absolute Gasteiger partial charge is 0.507 e. The number of amides is 1. The Labute approximate surface area is 170 Å². The SMILES string of the molecule is O=C1C(=O)N(CCN2CCNCC2)C(c2ccccc2)/C1=C(\O)c1ccccc1. The summed E-state index contributed by atoms with van der Waals surface area (Å²) in [6, 6.07) is 17.8. The number of ketones is 1. The van der Waals surface area contributed by atoms with Crippen LogP contribution in [0, 0.1) is 0 Å². The van der Waals surface area contributed by atoms with Gasteiger partial charge in [-0.2, -0.15) is 0 Å². The molecule has 2 N–H and O–H groups in total. The zero-order valence-electron chi connectivity index (χ0n) is 16.3. The molecule has 0 bridgehead atoms. The highest BCUT2D eigenvalue weighted by molar-refractivity contribution is 6.46. The first-order valence-electron chi connectivity index (χ1n) is 9.98. The molecule has 2 saturated heterocycles. The number of nitrogens with one attached hydrogen (secondary N) is 1. The van der Waals surface area contributed by atoms with Crippen molar-refractivity contribution in [3.05, 3.63) is 77.4 Å². The summed E-state index contributed by atoms with van der Waals surface area (Å²) < 4.78 is 0. The Kier molecular flexibility index (Phi) is 5.74. The molecule has 1 atom stereocenters. The lowest BCUT2D eigenvalue weighted by Crippen LogP contribution is -2.46. The summed E-state index contributed by atoms with van der Waals surface area (Å²) >= 11 is 0. The average molecular weight is 391 g/mol. The normalized spacial score (nSPS) is 22.2. The molecule has 1 amide bonds. The predicted molar refractivity (Wildman–Crippen MR) is 111 cm³/mol. The molecular weight excluding hydrogens is 366 g/mol. The van der Waals surface area contributed by atoms with Crippen LogP contribution in [-0.2, 0) is 9.59 Å². The summed E-state index contributed by atoms with van der Waals surface area (Å²) in [6.45, 7) is 4.83. The molecule has 2 aromatic rings. The van der Waals surface area contributed by atoms with E-state index in [1.807, 2.05) is 36.4 Å². The van der Waals surface area contributed by atoms with Gasteiger partial charge in [0.25, 0.3) is 11.7 Å². The minimum absolute atomic E-state index is 0.123. The first-order chi connectivity index (χ1) is 14.2. The topological polar surface area (TPSA) is 72.9 Å². The van der Waals surface area contributed by atoms with Crippen LogP contribution in [0.25, 0.3) is 5.76 Å². The highest BCUT2D eigenvalue weighted by Crippen LogP contribution is 2.39. The molecule has 150 valence electrons. The van der Waals surface area contributed by atoms with Crippen molar-refractivity contribution in [2.75, 3.05) is 39.3 Å². The molecule has 29 heavy (non-hydrogen) atoms. The Morgan fingerprint density at radius 1 is 0.931 bits per heavy atom. The molecule has 2 aliphatic heterocycles. The van der Waals surface area contributed by atoms with Crippen LogP contribution in [-0.4, -0.2) is 65.9 Å². The molecule has 0 aromatic heterocycles. The number of likely N-dealkylation sites (tertiary alicyclic amines) is 1. The van der Waals surface area contributed by atoms with E-state index in [9.17, 15) is 14.7 Å². The molecule has 2 heterocycles. The van der Waals surface area contributed by atoms with Crippen LogP contribution in [0.5, 0.6) is 0 Å². The molecule has 1 unspecified atom stereocenters. The first kappa shape index (κ1) is 19.4. The molecule has 6 heteroatoms. The number of benzene rings is 2. The number of carbonyl (C=O) groups excluding carboxylic acids is 2. The maximum Gasteiger partial charge on any atom is 0.295 e. The van der Waals surface area contributed by atoms with Gasteiger partial charge in [0.1, 0.15) is 5.76 Å². The zero-order chi connectivity index (χ0) is 20.2. The lowest BCUT2D eigenvalue weighted by atomic mass is 9.95. The lowest BCUT2D eigenvalue weighted by molar-refractivity contribution is -0.140. The van der Waals surface area contributed by atoms with Gasteiger partial charge in [0, 0.05) is 44.8 Å². The number of hydrogen-bond acceptors (Lipinski definition) is 5. The fourth-order valence-corrected chi connectivity index (χ4v) is 4.03. The minimum atomic E-state index is -0.625. The van der Waals surface area contributed by atoms with Crippen LogP contribution in [0.1, 0.15) is 17.2 Å². The van der Waals surface area contributed by atoms with Gasteiger partial charge in [0.15, 0.2) is 0 Å². The van der Waals surface area contributed by atoms with E-state index in [1.165, 1.54) is 0 Å². The van der Waals surface area contributed by atoms with Crippen molar-refractivity contribution in [1.82, 2.24) is 15.1 Å². The van der Waals surface area contributed by atoms with Gasteiger partial charge in [-0.25, -0.2) is 0 Å². The van der Waals surface area contributed by atoms with Crippen molar-refractivity contribution in [2.24, 2.45) is 0 Å². The van der Waals surface area contributed by atoms with Crippen molar-refractivity contribution in [2.45, 2.75) is 6.04 Å². The van der Waals surface area contributed by atoms with E-state index in [-0.39, 0.29) is 11.3 Å². The van der Waals surface area contributed by atoms with Crippen LogP contribution in [0.3, 0.4) is 0 Å². The van der Waals surface area contributed by atoms with Crippen molar-refractivity contribution >= 4 is 17.4 Å². The van der Waals surface area contributed by atoms with E-state index in [0.717, 1.165) is 31.7 Å². The monoisotopic (exact) mass is 391 g/mol. The Bertz CT molecular complexity index is 905. The molecule has 6 nitrogen and oxygen atoms in total. The van der Waals surface area contributed by atoms with Crippen LogP contribution < -0.4 is 5.32 Å². The summed E-state index contributed by atoms with van der Waals surface area (Å²) in [7, 11) is 0. The summed E-state index contributed by atoms with van der Waals surface area (Å²) in [6.07, 6.45) is 0. The summed E-state index contributed by atoms with van der Waals surface area (Å²) in [4.78, 5) is 29.7. The summed E-state index contributed by atoms with van der Waals surface area (Å²) in [5.74, 6) is -1.30. The summed E-state index contributed by atoms with van der Waals surface area (Å²) in [5.41, 5.74) is 1.52. The number of Topliss-reactive ketones (excluding diaryl/α,β-unsaturated/α-hetero) is 1. The van der Waals surface area contributed by atoms with Gasteiger partial charge in [-0.05, 0) is 5.56 Å². The van der Waals surface area contributed by atoms with E-state index in [1.54, 1.807) is 29.2 Å². The zero-order valence-corrected chi connectivity index (χ0v) is 16.3. The van der Waals surface area contributed by atoms with Crippen molar-refractivity contribution in [3.8, 4) is 0 Å². The molecule has 4 rings (SSSR count). The molecule has 0 aliphatic carbocycles. The van der Waals surface area contributed by atoms with Gasteiger partial charge in [0.05, 0.1) is 11.6 Å². The van der Waals surface area contributed by atoms with E-state index in [0.29, 0.717) is 18.7 Å². The third-order valence-electron chi connectivity index (χ3n) is 5.57. The quantitative estimate of drug-likeness (QED) is 0.463. The molecule has 0 spiro atoms. The van der Waals surface area contributed by atoms with Crippen molar-refractivity contribution < 1.29 is 14.7 Å². The van der Waals surface area contributed by atoms with E-state index < -0.39 is 17.7 Å². The Hall–Kier alpha value is -2.96. The number of aliphatic hydroxyl groups excluding tert-OH is 1. The Morgan fingerprint density at radius 3 is 2.21 bits per heavy atom. The van der Waals surface area contributed by atoms with Crippen LogP contribution >= 0.6 is 0 Å². The van der Waals surface area contributed by atoms with Gasteiger partial charge >= 0.3 is 0 Å². The smallest absolute Gasteiger partial charge is 0.295 e. The van der Waals surface area contributed by atoms with E-state index in [4.69, 9.17) is 0 Å². The highest BCUT2D eigenvalue weighted by atomic mass is 16.3. The third kappa shape index (κ3) is 3.95. The van der Waals surface area contributed by atoms with E-state index >= 15 is 0 Å². The fraction of sp³-hybridized carbons (Fsp3) is 0.304. The maximum absolute atomic E-state index is 12.9. The number of hydrogen-bond donors (Lipinski definition) is 2. The Balaban J connectivity index is 1.70. The van der Waals surface area contributed by atoms with Gasteiger partial charge in [-0.3, -0.25) is 14.5 Å². The standard InChI is InChI=1S/C23H25N3O3/c27-21(18-9-5-2-6-10-18)19-20(17-7-3-1-4-8-17)26(23(29)22(19)28)16-15-25-13-11-24-12-14-25/h1-10,20,24,27H,11-16H2/b21-19+. The molecule has 2 aliphatic rings. The number of carbonyl (C=O) groups is 2. The highest BCUT2D eigenvalue weighted by Gasteiger charge is 2.45. The van der Waals surface area contributed by atoms with Crippen LogP contribution in [0.15, 0.2) is 66.2 Å². The molecule has 0 saturated carbocycles. The average Bonchev–Trinajstić information content (AvgIpc) is 3.04. The molecule has 2 aromatic carbocycles. The maximum atomic E-state index is 12.9. The van der Waals surface area contributed by atoms with Gasteiger partial charge in [0.2, 0.25) is 0 Å². The lowest BCUT2D eigenvalue weighted by Gasteiger charge is -2.31. The third-order valence-corrected chi connectivity index (χ3v) is 5.57. The number of nitrogens with zero attached hydrogens (tertiary/aromatic N) is 2. The fourth-order valence-electron chi connectivity index (χ4n) is 4.03. The predicted octanol–water partition coefficient (Wildman–Crippen LogP) is 2.01. The van der Waals surface area contributed by atoms with Crippen LogP contribution in [0.2, 0.25) is 0 Å². The van der Waals surface area contributed by atoms with Crippen molar-refractivity contribution in [3.63, 3.8) is 0 Å². The van der Waals surface area contributed by atoms with Crippen LogP contribution in [0.4, 0.5) is 0 Å². The molecular formula is C23H25N3O3. The number of piperazine rings is 1. The number of rotatable bonds is 5. The van der Waals surface area contributed by atoms with Gasteiger partial charge < -0.3 is 15.3 Å². The van der Waals surface area contributed by atoms with E-state index in [2.05, 4.69) is 10.2 Å². The van der Waals surface area contributed by atoms with Crippen molar-refractivity contribution in [1.29, 1.82) is 0 Å². The molecule has 0 radical (unpaired) electrons. The second-order valence-corrected chi connectivity index (χ2v) is 7.36. The summed E-state index contributed by atoms with van der Waals surface area (Å²) in [5, 5.41) is 14.3. The Morgan fingerprint density at radius 2 is 1.55 bits per heavy atom. The first-order valence-corrected chi connectivity index (χ1v) is 9.98. The molecule has 2 fully saturated rings. The second kappa shape index (κ2) is 8.59. The number of aliphatic hydroxyl groups is 1. The minimum Gasteiger partial charge on any atom is -0.507 e. The van der Waals surface area contributed by atoms with Gasteiger partial charge in [-0.15, -0.1) is 0 Å².